The van der Waals surface area contributed by atoms with Crippen molar-refractivity contribution in [3.63, 3.8) is 0 Å². The molecule has 2 aromatic heterocycles. The van der Waals surface area contributed by atoms with Crippen molar-refractivity contribution >= 4 is 35.0 Å². The number of rotatable bonds is 6. The zero-order chi connectivity index (χ0) is 14.7. The molecule has 0 spiro atoms. The summed E-state index contributed by atoms with van der Waals surface area (Å²) in [5.41, 5.74) is 0. The lowest BCUT2D eigenvalue weighted by Crippen LogP contribution is -2.32. The van der Waals surface area contributed by atoms with E-state index >= 15 is 0 Å². The van der Waals surface area contributed by atoms with Crippen molar-refractivity contribution in [3.8, 4) is 10.7 Å². The number of nitrogens with one attached hydrogen (secondary N) is 1. The van der Waals surface area contributed by atoms with Crippen LogP contribution in [0.4, 0.5) is 4.79 Å². The minimum absolute atomic E-state index is 0.0946. The molecule has 0 atom stereocenters. The molecule has 1 saturated heterocycles. The molecular formula is C12H12N4O3S2. The number of thioether (sulfide) groups is 1. The van der Waals surface area contributed by atoms with Gasteiger partial charge in [0, 0.05) is 12.3 Å². The highest BCUT2D eigenvalue weighted by molar-refractivity contribution is 7.98. The van der Waals surface area contributed by atoms with Crippen LogP contribution < -0.4 is 5.32 Å². The molecular weight excluding hydrogens is 312 g/mol. The van der Waals surface area contributed by atoms with Crippen LogP contribution in [0.5, 0.6) is 0 Å². The molecule has 0 bridgehead atoms. The smallest absolute Gasteiger partial charge is 0.324 e. The first-order valence-corrected chi connectivity index (χ1v) is 8.30. The van der Waals surface area contributed by atoms with Gasteiger partial charge in [-0.1, -0.05) is 11.2 Å². The topological polar surface area (TPSA) is 88.3 Å². The van der Waals surface area contributed by atoms with Gasteiger partial charge >= 0.3 is 6.03 Å². The van der Waals surface area contributed by atoms with Crippen LogP contribution in [0.2, 0.25) is 0 Å². The highest BCUT2D eigenvalue weighted by Crippen LogP contribution is 2.22. The summed E-state index contributed by atoms with van der Waals surface area (Å²) in [5, 5.41) is 8.36. The molecule has 1 fully saturated rings. The molecule has 1 aliphatic rings. The number of hydrogen-bond donors (Lipinski definition) is 1. The molecule has 2 aromatic rings. The Morgan fingerprint density at radius 1 is 1.48 bits per heavy atom. The second kappa shape index (κ2) is 6.27. The number of carbonyl (C=O) groups excluding carboxylic acids is 2. The normalized spacial score (nSPS) is 14.8. The Bertz CT molecular complexity index is 625. The lowest BCUT2D eigenvalue weighted by Gasteiger charge is -2.10. The Balaban J connectivity index is 1.46. The van der Waals surface area contributed by atoms with Gasteiger partial charge in [-0.3, -0.25) is 9.69 Å². The van der Waals surface area contributed by atoms with Gasteiger partial charge in [0.2, 0.25) is 17.6 Å². The Morgan fingerprint density at radius 2 is 2.38 bits per heavy atom. The van der Waals surface area contributed by atoms with Gasteiger partial charge in [0.05, 0.1) is 17.2 Å². The van der Waals surface area contributed by atoms with Gasteiger partial charge in [-0.05, 0) is 11.4 Å². The molecule has 3 heterocycles. The molecule has 7 nitrogen and oxygen atoms in total. The Labute approximate surface area is 128 Å². The highest BCUT2D eigenvalue weighted by atomic mass is 32.2. The fourth-order valence-electron chi connectivity index (χ4n) is 1.82. The first kappa shape index (κ1) is 14.1. The number of nitrogens with zero attached hydrogens (tertiary/aromatic N) is 3. The van der Waals surface area contributed by atoms with E-state index in [1.165, 1.54) is 4.90 Å². The third kappa shape index (κ3) is 3.24. The zero-order valence-electron chi connectivity index (χ0n) is 10.9. The summed E-state index contributed by atoms with van der Waals surface area (Å²) in [6.45, 7) is 0.485. The molecule has 0 unspecified atom stereocenters. The predicted octanol–water partition coefficient (Wildman–Crippen LogP) is 1.58. The number of carbonyl (C=O) groups is 2. The van der Waals surface area contributed by atoms with Gasteiger partial charge < -0.3 is 9.84 Å². The van der Waals surface area contributed by atoms with Gasteiger partial charge in [0.25, 0.3) is 0 Å². The largest absolute Gasteiger partial charge is 0.338 e. The molecule has 9 heteroatoms. The Hall–Kier alpha value is -1.87. The number of urea groups is 1. The molecule has 3 rings (SSSR count). The van der Waals surface area contributed by atoms with Crippen molar-refractivity contribution in [2.75, 3.05) is 18.8 Å². The maximum Gasteiger partial charge on any atom is 0.324 e. The van der Waals surface area contributed by atoms with E-state index in [2.05, 4.69) is 15.5 Å². The number of hydrogen-bond acceptors (Lipinski definition) is 7. The van der Waals surface area contributed by atoms with Crippen molar-refractivity contribution < 1.29 is 14.1 Å². The first-order valence-electron chi connectivity index (χ1n) is 6.26. The number of imide groups is 1. The second-order valence-electron chi connectivity index (χ2n) is 4.25. The monoisotopic (exact) mass is 324 g/mol. The van der Waals surface area contributed by atoms with E-state index in [1.807, 2.05) is 17.5 Å². The van der Waals surface area contributed by atoms with Gasteiger partial charge in [0.1, 0.15) is 0 Å². The van der Waals surface area contributed by atoms with E-state index in [0.717, 1.165) is 4.88 Å². The van der Waals surface area contributed by atoms with E-state index < -0.39 is 0 Å². The van der Waals surface area contributed by atoms with Gasteiger partial charge in [-0.15, -0.1) is 11.3 Å². The minimum atomic E-state index is -0.321. The molecule has 1 N–H and O–H groups in total. The van der Waals surface area contributed by atoms with E-state index in [4.69, 9.17) is 4.52 Å². The lowest BCUT2D eigenvalue weighted by molar-refractivity contribution is -0.124. The number of thiophene rings is 1. The highest BCUT2D eigenvalue weighted by Gasteiger charge is 2.27. The van der Waals surface area contributed by atoms with Crippen LogP contribution in [0, 0.1) is 0 Å². The SMILES string of the molecule is O=C1CNC(=O)N1CCSCc1nc(-c2cccs2)no1. The third-order valence-electron chi connectivity index (χ3n) is 2.83. The predicted molar refractivity (Wildman–Crippen MR) is 78.9 cm³/mol. The summed E-state index contributed by atoms with van der Waals surface area (Å²) in [4.78, 5) is 29.2. The number of aromatic nitrogens is 2. The first-order chi connectivity index (χ1) is 10.2. The van der Waals surface area contributed by atoms with Crippen LogP contribution >= 0.6 is 23.1 Å². The fourth-order valence-corrected chi connectivity index (χ4v) is 3.21. The fraction of sp³-hybridized carbons (Fsp3) is 0.333. The quantitative estimate of drug-likeness (QED) is 0.641. The Morgan fingerprint density at radius 3 is 3.10 bits per heavy atom. The van der Waals surface area contributed by atoms with E-state index in [0.29, 0.717) is 29.8 Å². The van der Waals surface area contributed by atoms with Gasteiger partial charge in [-0.2, -0.15) is 16.7 Å². The van der Waals surface area contributed by atoms with Gasteiger partial charge in [-0.25, -0.2) is 4.79 Å². The van der Waals surface area contributed by atoms with E-state index in [1.54, 1.807) is 23.1 Å². The van der Waals surface area contributed by atoms with Gasteiger partial charge in [0.15, 0.2) is 0 Å². The van der Waals surface area contributed by atoms with Crippen molar-refractivity contribution in [2.24, 2.45) is 0 Å². The summed E-state index contributed by atoms with van der Waals surface area (Å²) in [6.07, 6.45) is 0. The molecule has 0 saturated carbocycles. The second-order valence-corrected chi connectivity index (χ2v) is 6.30. The standard InChI is InChI=1S/C12H12N4O3S2/c17-10-6-13-12(18)16(10)3-5-20-7-9-14-11(15-19-9)8-2-1-4-21-8/h1-2,4H,3,5-7H2,(H,13,18). The van der Waals surface area contributed by atoms with Crippen LogP contribution in [-0.4, -0.2) is 45.8 Å². The molecule has 3 amide bonds. The zero-order valence-corrected chi connectivity index (χ0v) is 12.6. The van der Waals surface area contributed by atoms with E-state index in [-0.39, 0.29) is 18.5 Å². The van der Waals surface area contributed by atoms with Crippen LogP contribution in [-0.2, 0) is 10.5 Å². The van der Waals surface area contributed by atoms with E-state index in [9.17, 15) is 9.59 Å². The van der Waals surface area contributed by atoms with Crippen LogP contribution in [0.15, 0.2) is 22.0 Å². The minimum Gasteiger partial charge on any atom is -0.338 e. The maximum atomic E-state index is 11.4. The van der Waals surface area contributed by atoms with Crippen molar-refractivity contribution in [1.29, 1.82) is 0 Å². The average molecular weight is 324 g/mol. The Kier molecular flexibility index (Phi) is 4.20. The van der Waals surface area contributed by atoms with Crippen molar-refractivity contribution in [1.82, 2.24) is 20.4 Å². The molecule has 0 aliphatic carbocycles. The third-order valence-corrected chi connectivity index (χ3v) is 4.62. The maximum absolute atomic E-state index is 11.4. The summed E-state index contributed by atoms with van der Waals surface area (Å²) < 4.78 is 5.17. The molecule has 110 valence electrons. The molecule has 1 aliphatic heterocycles. The molecule has 0 radical (unpaired) electrons. The molecule has 0 aromatic carbocycles. The van der Waals surface area contributed by atoms with Crippen molar-refractivity contribution in [3.05, 3.63) is 23.4 Å². The molecule has 21 heavy (non-hydrogen) atoms. The van der Waals surface area contributed by atoms with Crippen LogP contribution in [0.1, 0.15) is 5.89 Å². The average Bonchev–Trinajstić information content (AvgIpc) is 3.19. The summed E-state index contributed by atoms with van der Waals surface area (Å²) in [6, 6.07) is 3.55. The summed E-state index contributed by atoms with van der Waals surface area (Å²) in [5.74, 6) is 2.14. The summed E-state index contributed by atoms with van der Waals surface area (Å²) in [7, 11) is 0. The van der Waals surface area contributed by atoms with Crippen LogP contribution in [0.3, 0.4) is 0 Å². The lowest BCUT2D eigenvalue weighted by atomic mass is 10.4. The van der Waals surface area contributed by atoms with Crippen LogP contribution in [0.25, 0.3) is 10.7 Å². The number of amides is 3. The summed E-state index contributed by atoms with van der Waals surface area (Å²) >= 11 is 3.10. The van der Waals surface area contributed by atoms with Crippen molar-refractivity contribution in [2.45, 2.75) is 5.75 Å².